The van der Waals surface area contributed by atoms with Gasteiger partial charge in [-0.05, 0) is 17.7 Å². The number of hydrogen-bond acceptors (Lipinski definition) is 7. The van der Waals surface area contributed by atoms with Crippen LogP contribution >= 0.6 is 11.3 Å². The van der Waals surface area contributed by atoms with Crippen molar-refractivity contribution >= 4 is 33.5 Å². The number of nitro groups is 1. The summed E-state index contributed by atoms with van der Waals surface area (Å²) in [5.41, 5.74) is 1.28. The maximum Gasteiger partial charge on any atom is 0.311 e. The van der Waals surface area contributed by atoms with Crippen LogP contribution in [0.3, 0.4) is 0 Å². The van der Waals surface area contributed by atoms with Crippen LogP contribution in [0.5, 0.6) is 5.75 Å². The van der Waals surface area contributed by atoms with E-state index >= 15 is 0 Å². The van der Waals surface area contributed by atoms with Gasteiger partial charge in [0.25, 0.3) is 5.56 Å². The molecule has 4 aromatic rings. The van der Waals surface area contributed by atoms with Crippen LogP contribution in [0, 0.1) is 10.1 Å². The fraction of sp³-hybridized carbons (Fsp3) is 0. The van der Waals surface area contributed by atoms with Gasteiger partial charge in [0.05, 0.1) is 16.5 Å². The SMILES string of the molecule is O=c1c2c(-c3ccccc3)csc2ncn1/N=C\c1ccc(O)c([N+](=O)[O-])c1. The molecule has 0 saturated heterocycles. The Balaban J connectivity index is 1.77. The van der Waals surface area contributed by atoms with Gasteiger partial charge in [-0.2, -0.15) is 9.78 Å². The molecule has 2 aromatic heterocycles. The van der Waals surface area contributed by atoms with Crippen molar-refractivity contribution in [2.75, 3.05) is 0 Å². The molecule has 0 amide bonds. The minimum atomic E-state index is -0.691. The average Bonchev–Trinajstić information content (AvgIpc) is 3.14. The van der Waals surface area contributed by atoms with E-state index < -0.39 is 16.4 Å². The Labute approximate surface area is 161 Å². The number of fused-ring (bicyclic) bond motifs is 1. The predicted molar refractivity (Wildman–Crippen MR) is 107 cm³/mol. The fourth-order valence-corrected chi connectivity index (χ4v) is 3.64. The van der Waals surface area contributed by atoms with E-state index in [0.717, 1.165) is 15.8 Å². The quantitative estimate of drug-likeness (QED) is 0.324. The van der Waals surface area contributed by atoms with Gasteiger partial charge in [-0.25, -0.2) is 4.98 Å². The van der Waals surface area contributed by atoms with Gasteiger partial charge < -0.3 is 5.11 Å². The van der Waals surface area contributed by atoms with Crippen molar-refractivity contribution in [1.82, 2.24) is 9.66 Å². The van der Waals surface area contributed by atoms with Crippen LogP contribution in [-0.2, 0) is 0 Å². The molecule has 8 nitrogen and oxygen atoms in total. The van der Waals surface area contributed by atoms with Gasteiger partial charge >= 0.3 is 5.69 Å². The maximum atomic E-state index is 12.9. The van der Waals surface area contributed by atoms with Crippen LogP contribution in [0.25, 0.3) is 21.3 Å². The van der Waals surface area contributed by atoms with Gasteiger partial charge in [-0.1, -0.05) is 30.3 Å². The first-order valence-electron chi connectivity index (χ1n) is 8.10. The van der Waals surface area contributed by atoms with Crippen molar-refractivity contribution in [1.29, 1.82) is 0 Å². The van der Waals surface area contributed by atoms with Crippen molar-refractivity contribution in [3.8, 4) is 16.9 Å². The van der Waals surface area contributed by atoms with Crippen molar-refractivity contribution in [2.45, 2.75) is 0 Å². The standard InChI is InChI=1S/C19H12N4O4S/c24-16-7-6-12(8-15(16)23(26)27)9-21-22-11-20-18-17(19(22)25)14(10-28-18)13-4-2-1-3-5-13/h1-11,24H/b21-9-. The highest BCUT2D eigenvalue weighted by molar-refractivity contribution is 7.17. The largest absolute Gasteiger partial charge is 0.502 e. The molecule has 1 N–H and O–H groups in total. The molecule has 2 heterocycles. The zero-order valence-corrected chi connectivity index (χ0v) is 15.0. The molecule has 0 radical (unpaired) electrons. The van der Waals surface area contributed by atoms with Crippen LogP contribution in [0.1, 0.15) is 5.56 Å². The zero-order valence-electron chi connectivity index (χ0n) is 14.2. The molecule has 4 rings (SSSR count). The summed E-state index contributed by atoms with van der Waals surface area (Å²) in [5.74, 6) is -0.437. The molecule has 9 heteroatoms. The lowest BCUT2D eigenvalue weighted by Crippen LogP contribution is -2.16. The number of phenolic OH excluding ortho intramolecular Hbond substituents is 1. The van der Waals surface area contributed by atoms with Crippen molar-refractivity contribution in [2.24, 2.45) is 5.10 Å². The Kier molecular flexibility index (Phi) is 4.42. The summed E-state index contributed by atoms with van der Waals surface area (Å²) in [6.45, 7) is 0. The molecular formula is C19H12N4O4S. The number of nitro benzene ring substituents is 1. The van der Waals surface area contributed by atoms with E-state index in [4.69, 9.17) is 0 Å². The Morgan fingerprint density at radius 3 is 2.75 bits per heavy atom. The number of nitrogens with zero attached hydrogens (tertiary/aromatic N) is 4. The molecule has 0 saturated carbocycles. The number of hydrogen-bond donors (Lipinski definition) is 1. The summed E-state index contributed by atoms with van der Waals surface area (Å²) >= 11 is 1.37. The molecule has 28 heavy (non-hydrogen) atoms. The van der Waals surface area contributed by atoms with Gasteiger partial charge in [0.2, 0.25) is 0 Å². The lowest BCUT2D eigenvalue weighted by Gasteiger charge is -2.01. The Morgan fingerprint density at radius 2 is 2.00 bits per heavy atom. The molecule has 0 aliphatic carbocycles. The monoisotopic (exact) mass is 392 g/mol. The van der Waals surface area contributed by atoms with Crippen LogP contribution in [0.15, 0.2) is 70.1 Å². The molecule has 0 atom stereocenters. The van der Waals surface area contributed by atoms with Crippen LogP contribution < -0.4 is 5.56 Å². The van der Waals surface area contributed by atoms with Crippen LogP contribution in [0.4, 0.5) is 5.69 Å². The van der Waals surface area contributed by atoms with Crippen molar-refractivity contribution in [3.05, 3.63) is 86.3 Å². The van der Waals surface area contributed by atoms with Gasteiger partial charge in [0.1, 0.15) is 11.2 Å². The van der Waals surface area contributed by atoms with E-state index in [2.05, 4.69) is 10.1 Å². The van der Waals surface area contributed by atoms with E-state index in [1.54, 1.807) is 0 Å². The predicted octanol–water partition coefficient (Wildman–Crippen LogP) is 3.62. The minimum Gasteiger partial charge on any atom is -0.502 e. The summed E-state index contributed by atoms with van der Waals surface area (Å²) in [4.78, 5) is 28.0. The van der Waals surface area contributed by atoms with Crippen molar-refractivity contribution in [3.63, 3.8) is 0 Å². The molecule has 0 fully saturated rings. The normalized spacial score (nSPS) is 11.3. The first-order valence-corrected chi connectivity index (χ1v) is 8.98. The average molecular weight is 392 g/mol. The lowest BCUT2D eigenvalue weighted by atomic mass is 10.1. The molecule has 138 valence electrons. The molecule has 0 unspecified atom stereocenters. The first kappa shape index (κ1) is 17.6. The maximum absolute atomic E-state index is 12.9. The number of rotatable bonds is 4. The second-order valence-electron chi connectivity index (χ2n) is 5.84. The van der Waals surface area contributed by atoms with E-state index in [-0.39, 0.29) is 5.56 Å². The Bertz CT molecular complexity index is 1280. The number of aromatic hydroxyl groups is 1. The van der Waals surface area contributed by atoms with E-state index in [9.17, 15) is 20.0 Å². The zero-order chi connectivity index (χ0) is 19.7. The summed E-state index contributed by atoms with van der Waals surface area (Å²) < 4.78 is 1.08. The lowest BCUT2D eigenvalue weighted by molar-refractivity contribution is -0.385. The Hall–Kier alpha value is -3.85. The fourth-order valence-electron chi connectivity index (χ4n) is 2.73. The van der Waals surface area contributed by atoms with Crippen molar-refractivity contribution < 1.29 is 10.0 Å². The van der Waals surface area contributed by atoms with Gasteiger partial charge in [-0.3, -0.25) is 14.9 Å². The molecule has 0 aliphatic heterocycles. The number of phenols is 1. The van der Waals surface area contributed by atoms with Crippen LogP contribution in [-0.4, -0.2) is 25.9 Å². The van der Waals surface area contributed by atoms with E-state index in [1.165, 1.54) is 42.1 Å². The highest BCUT2D eigenvalue weighted by Crippen LogP contribution is 2.30. The van der Waals surface area contributed by atoms with E-state index in [1.807, 2.05) is 35.7 Å². The first-order chi connectivity index (χ1) is 13.5. The topological polar surface area (TPSA) is 111 Å². The van der Waals surface area contributed by atoms with Gasteiger partial charge in [0.15, 0.2) is 5.75 Å². The molecule has 0 spiro atoms. The number of thiophene rings is 1. The summed E-state index contributed by atoms with van der Waals surface area (Å²) in [6, 6.07) is 13.4. The number of benzene rings is 2. The highest BCUT2D eigenvalue weighted by atomic mass is 32.1. The molecular weight excluding hydrogens is 380 g/mol. The second kappa shape index (κ2) is 7.05. The van der Waals surface area contributed by atoms with E-state index in [0.29, 0.717) is 15.8 Å². The Morgan fingerprint density at radius 1 is 1.21 bits per heavy atom. The minimum absolute atomic E-state index is 0.338. The molecule has 2 aromatic carbocycles. The smallest absolute Gasteiger partial charge is 0.311 e. The number of aromatic nitrogens is 2. The second-order valence-corrected chi connectivity index (χ2v) is 6.70. The molecule has 0 bridgehead atoms. The highest BCUT2D eigenvalue weighted by Gasteiger charge is 2.14. The third-order valence-electron chi connectivity index (χ3n) is 4.09. The summed E-state index contributed by atoms with van der Waals surface area (Å²) in [7, 11) is 0. The third kappa shape index (κ3) is 3.14. The van der Waals surface area contributed by atoms with Gasteiger partial charge in [0, 0.05) is 22.6 Å². The third-order valence-corrected chi connectivity index (χ3v) is 4.98. The molecule has 0 aliphatic rings. The summed E-state index contributed by atoms with van der Waals surface area (Å²) in [5, 5.41) is 26.9. The van der Waals surface area contributed by atoms with Gasteiger partial charge in [-0.15, -0.1) is 11.3 Å². The van der Waals surface area contributed by atoms with Crippen LogP contribution in [0.2, 0.25) is 0 Å². The summed E-state index contributed by atoms with van der Waals surface area (Å²) in [6.07, 6.45) is 2.61.